The van der Waals surface area contributed by atoms with Crippen molar-refractivity contribution in [3.05, 3.63) is 40.1 Å². The number of hydrogen-bond donors (Lipinski definition) is 2. The zero-order valence-corrected chi connectivity index (χ0v) is 12.2. The van der Waals surface area contributed by atoms with Gasteiger partial charge in [-0.15, -0.1) is 11.3 Å². The lowest BCUT2D eigenvalue weighted by Gasteiger charge is -2.21. The minimum absolute atomic E-state index is 0.0396. The fourth-order valence-electron chi connectivity index (χ4n) is 2.47. The molecule has 0 fully saturated rings. The maximum Gasteiger partial charge on any atom is 0.228 e. The van der Waals surface area contributed by atoms with Crippen molar-refractivity contribution in [1.82, 2.24) is 0 Å². The van der Waals surface area contributed by atoms with Crippen LogP contribution in [0.3, 0.4) is 0 Å². The van der Waals surface area contributed by atoms with Crippen molar-refractivity contribution in [1.29, 1.82) is 0 Å². The van der Waals surface area contributed by atoms with Crippen LogP contribution in [0.5, 0.6) is 0 Å². The van der Waals surface area contributed by atoms with E-state index >= 15 is 0 Å². The van der Waals surface area contributed by atoms with E-state index in [9.17, 15) is 4.79 Å². The average molecular weight is 287 g/mol. The molecule has 0 saturated heterocycles. The zero-order chi connectivity index (χ0) is 14.1. The molecular weight excluding hydrogens is 270 g/mol. The number of benzene rings is 1. The van der Waals surface area contributed by atoms with Crippen LogP contribution in [0.1, 0.15) is 10.4 Å². The number of nitrogens with one attached hydrogen (secondary N) is 1. The quantitative estimate of drug-likeness (QED) is 0.849. The second-order valence-corrected chi connectivity index (χ2v) is 6.08. The molecule has 1 aromatic heterocycles. The minimum atomic E-state index is 0.0396. The Morgan fingerprint density at radius 2 is 2.30 bits per heavy atom. The molecule has 1 amide bonds. The summed E-state index contributed by atoms with van der Waals surface area (Å²) in [5.41, 5.74) is 9.70. The van der Waals surface area contributed by atoms with E-state index in [2.05, 4.69) is 27.7 Å². The number of rotatable bonds is 4. The van der Waals surface area contributed by atoms with Gasteiger partial charge in [-0.3, -0.25) is 4.79 Å². The first-order valence-electron chi connectivity index (χ1n) is 6.59. The number of nitrogens with two attached hydrogens (primary N) is 1. The Bertz CT molecular complexity index is 637. The Morgan fingerprint density at radius 1 is 1.45 bits per heavy atom. The van der Waals surface area contributed by atoms with E-state index in [1.807, 2.05) is 19.2 Å². The van der Waals surface area contributed by atoms with Crippen LogP contribution in [0, 0.1) is 0 Å². The Kier molecular flexibility index (Phi) is 3.36. The Labute approximate surface area is 122 Å². The molecule has 1 aromatic carbocycles. The van der Waals surface area contributed by atoms with Crippen LogP contribution in [0.25, 0.3) is 0 Å². The SMILES string of the molecule is CN(CCc1cccs1)c1cc2c(cc1N)CC(=O)N2. The van der Waals surface area contributed by atoms with E-state index in [-0.39, 0.29) is 5.91 Å². The predicted octanol–water partition coefficient (Wildman–Crippen LogP) is 2.50. The van der Waals surface area contributed by atoms with Crippen molar-refractivity contribution in [2.24, 2.45) is 0 Å². The molecule has 104 valence electrons. The van der Waals surface area contributed by atoms with Gasteiger partial charge in [0.25, 0.3) is 0 Å². The number of carbonyl (C=O) groups excluding carboxylic acids is 1. The lowest BCUT2D eigenvalue weighted by molar-refractivity contribution is -0.115. The summed E-state index contributed by atoms with van der Waals surface area (Å²) in [7, 11) is 2.03. The van der Waals surface area contributed by atoms with Crippen LogP contribution < -0.4 is 16.0 Å². The third kappa shape index (κ3) is 2.49. The minimum Gasteiger partial charge on any atom is -0.397 e. The van der Waals surface area contributed by atoms with E-state index < -0.39 is 0 Å². The van der Waals surface area contributed by atoms with Crippen LogP contribution in [0.4, 0.5) is 17.1 Å². The number of anilines is 3. The number of thiophene rings is 1. The molecule has 0 spiro atoms. The largest absolute Gasteiger partial charge is 0.397 e. The maximum atomic E-state index is 11.4. The van der Waals surface area contributed by atoms with Crippen molar-refractivity contribution < 1.29 is 4.79 Å². The van der Waals surface area contributed by atoms with Gasteiger partial charge in [0.05, 0.1) is 17.8 Å². The van der Waals surface area contributed by atoms with Crippen molar-refractivity contribution in [3.8, 4) is 0 Å². The highest BCUT2D eigenvalue weighted by Crippen LogP contribution is 2.33. The van der Waals surface area contributed by atoms with Crippen molar-refractivity contribution in [2.45, 2.75) is 12.8 Å². The summed E-state index contributed by atoms with van der Waals surface area (Å²) >= 11 is 1.77. The van der Waals surface area contributed by atoms with Gasteiger partial charge in [-0.1, -0.05) is 6.07 Å². The highest BCUT2D eigenvalue weighted by atomic mass is 32.1. The number of likely N-dealkylation sites (N-methyl/N-ethyl adjacent to an activating group) is 1. The fraction of sp³-hybridized carbons (Fsp3) is 0.267. The first kappa shape index (κ1) is 13.0. The van der Waals surface area contributed by atoms with E-state index in [4.69, 9.17) is 5.73 Å². The summed E-state index contributed by atoms with van der Waals surface area (Å²) in [6, 6.07) is 8.10. The van der Waals surface area contributed by atoms with Gasteiger partial charge in [0.1, 0.15) is 0 Å². The van der Waals surface area contributed by atoms with Crippen LogP contribution in [-0.2, 0) is 17.6 Å². The summed E-state index contributed by atoms with van der Waals surface area (Å²) in [5.74, 6) is 0.0396. The fourth-order valence-corrected chi connectivity index (χ4v) is 3.16. The third-order valence-electron chi connectivity index (χ3n) is 3.56. The van der Waals surface area contributed by atoms with E-state index in [1.54, 1.807) is 11.3 Å². The number of nitrogens with zero attached hydrogens (tertiary/aromatic N) is 1. The lowest BCUT2D eigenvalue weighted by Crippen LogP contribution is -2.21. The summed E-state index contributed by atoms with van der Waals surface area (Å²) in [6.45, 7) is 0.900. The third-order valence-corrected chi connectivity index (χ3v) is 4.50. The molecule has 3 rings (SSSR count). The molecule has 1 aliphatic heterocycles. The average Bonchev–Trinajstić information content (AvgIpc) is 3.03. The molecule has 0 aliphatic carbocycles. The van der Waals surface area contributed by atoms with Gasteiger partial charge in [0.2, 0.25) is 5.91 Å². The standard InChI is InChI=1S/C15H17N3OS/c1-18(5-4-11-3-2-6-20-11)14-9-13-10(7-12(14)16)8-15(19)17-13/h2-3,6-7,9H,4-5,8,16H2,1H3,(H,17,19). The molecular formula is C15H17N3OS. The number of amides is 1. The van der Waals surface area contributed by atoms with Crippen LogP contribution in [0.15, 0.2) is 29.6 Å². The second-order valence-electron chi connectivity index (χ2n) is 5.04. The lowest BCUT2D eigenvalue weighted by atomic mass is 10.1. The van der Waals surface area contributed by atoms with Crippen molar-refractivity contribution >= 4 is 34.3 Å². The Morgan fingerprint density at radius 3 is 3.05 bits per heavy atom. The molecule has 0 radical (unpaired) electrons. The Balaban J connectivity index is 1.76. The van der Waals surface area contributed by atoms with Gasteiger partial charge in [-0.2, -0.15) is 0 Å². The highest BCUT2D eigenvalue weighted by molar-refractivity contribution is 7.09. The number of carbonyl (C=O) groups is 1. The summed E-state index contributed by atoms with van der Waals surface area (Å²) in [4.78, 5) is 14.9. The molecule has 0 bridgehead atoms. The normalized spacial score (nSPS) is 13.2. The predicted molar refractivity (Wildman–Crippen MR) is 84.5 cm³/mol. The van der Waals surface area contributed by atoms with E-state index in [1.165, 1.54) is 4.88 Å². The molecule has 0 unspecified atom stereocenters. The van der Waals surface area contributed by atoms with Gasteiger partial charge < -0.3 is 16.0 Å². The topological polar surface area (TPSA) is 58.4 Å². The number of hydrogen-bond acceptors (Lipinski definition) is 4. The monoisotopic (exact) mass is 287 g/mol. The van der Waals surface area contributed by atoms with Crippen molar-refractivity contribution in [2.75, 3.05) is 29.5 Å². The highest BCUT2D eigenvalue weighted by Gasteiger charge is 2.20. The van der Waals surface area contributed by atoms with Crippen LogP contribution in [0.2, 0.25) is 0 Å². The summed E-state index contributed by atoms with van der Waals surface area (Å²) < 4.78 is 0. The first-order chi connectivity index (χ1) is 9.63. The molecule has 1 aliphatic rings. The molecule has 2 heterocycles. The van der Waals surface area contributed by atoms with Gasteiger partial charge in [0.15, 0.2) is 0 Å². The maximum absolute atomic E-state index is 11.4. The van der Waals surface area contributed by atoms with Crippen molar-refractivity contribution in [3.63, 3.8) is 0 Å². The van der Waals surface area contributed by atoms with Crippen LogP contribution >= 0.6 is 11.3 Å². The second kappa shape index (κ2) is 5.17. The van der Waals surface area contributed by atoms with Gasteiger partial charge in [-0.25, -0.2) is 0 Å². The first-order valence-corrected chi connectivity index (χ1v) is 7.47. The smallest absolute Gasteiger partial charge is 0.228 e. The van der Waals surface area contributed by atoms with Gasteiger partial charge >= 0.3 is 0 Å². The number of fused-ring (bicyclic) bond motifs is 1. The van der Waals surface area contributed by atoms with Gasteiger partial charge in [-0.05, 0) is 35.6 Å². The molecule has 0 saturated carbocycles. The molecule has 20 heavy (non-hydrogen) atoms. The molecule has 0 atom stereocenters. The van der Waals surface area contributed by atoms with E-state index in [0.29, 0.717) is 6.42 Å². The van der Waals surface area contributed by atoms with Gasteiger partial charge in [0, 0.05) is 24.2 Å². The molecule has 5 heteroatoms. The summed E-state index contributed by atoms with van der Waals surface area (Å²) in [5, 5.41) is 4.96. The molecule has 2 aromatic rings. The molecule has 3 N–H and O–H groups in total. The van der Waals surface area contributed by atoms with Crippen LogP contribution in [-0.4, -0.2) is 19.5 Å². The summed E-state index contributed by atoms with van der Waals surface area (Å²) in [6.07, 6.45) is 1.43. The zero-order valence-electron chi connectivity index (χ0n) is 11.3. The molecule has 4 nitrogen and oxygen atoms in total. The number of nitrogen functional groups attached to an aromatic ring is 1. The van der Waals surface area contributed by atoms with E-state index in [0.717, 1.165) is 35.6 Å². The Hall–Kier alpha value is -2.01.